The fourth-order valence-corrected chi connectivity index (χ4v) is 5.78. The highest BCUT2D eigenvalue weighted by molar-refractivity contribution is 8.01. The monoisotopic (exact) mass is 399 g/mol. The van der Waals surface area contributed by atoms with Crippen LogP contribution >= 0.6 is 23.1 Å². The average Bonchev–Trinajstić information content (AvgIpc) is 3.16. The number of nitrogens with zero attached hydrogens (tertiary/aromatic N) is 4. The van der Waals surface area contributed by atoms with Crippen LogP contribution in [-0.2, 0) is 6.42 Å². The zero-order valence-corrected chi connectivity index (χ0v) is 16.5. The van der Waals surface area contributed by atoms with E-state index in [9.17, 15) is 8.78 Å². The maximum absolute atomic E-state index is 12.7. The summed E-state index contributed by atoms with van der Waals surface area (Å²) >= 11 is 3.33. The first-order chi connectivity index (χ1) is 12.4. The van der Waals surface area contributed by atoms with E-state index in [1.165, 1.54) is 11.3 Å². The van der Waals surface area contributed by atoms with Gasteiger partial charge in [-0.3, -0.25) is 10.2 Å². The number of aromatic nitrogens is 2. The molecule has 0 saturated carbocycles. The molecular weight excluding hydrogens is 376 g/mol. The molecule has 26 heavy (non-hydrogen) atoms. The van der Waals surface area contributed by atoms with Gasteiger partial charge in [0.1, 0.15) is 22.5 Å². The molecule has 0 radical (unpaired) electrons. The highest BCUT2D eigenvalue weighted by atomic mass is 32.2. The van der Waals surface area contributed by atoms with Crippen LogP contribution in [0.1, 0.15) is 18.7 Å². The molecule has 0 aromatic carbocycles. The fraction of sp³-hybridized carbons (Fsp3) is 0.647. The van der Waals surface area contributed by atoms with Crippen LogP contribution in [0.2, 0.25) is 0 Å². The number of rotatable bonds is 4. The molecule has 142 valence electrons. The van der Waals surface area contributed by atoms with E-state index in [4.69, 9.17) is 0 Å². The Bertz CT molecular complexity index is 774. The molecule has 9 heteroatoms. The molecule has 2 aromatic heterocycles. The molecule has 0 amide bonds. The Hall–Kier alpha value is -1.03. The Morgan fingerprint density at radius 1 is 1.27 bits per heavy atom. The summed E-state index contributed by atoms with van der Waals surface area (Å²) in [5.41, 5.74) is 0.372. The van der Waals surface area contributed by atoms with Crippen LogP contribution in [0.25, 0.3) is 10.2 Å². The van der Waals surface area contributed by atoms with Gasteiger partial charge in [-0.25, -0.2) is 18.7 Å². The van der Waals surface area contributed by atoms with Gasteiger partial charge in [0.05, 0.1) is 5.39 Å². The van der Waals surface area contributed by atoms with Gasteiger partial charge in [0.25, 0.3) is 0 Å². The lowest BCUT2D eigenvalue weighted by Crippen LogP contribution is -2.52. The molecule has 0 bridgehead atoms. The third-order valence-electron chi connectivity index (χ3n) is 4.79. The van der Waals surface area contributed by atoms with E-state index in [1.807, 2.05) is 17.8 Å². The van der Waals surface area contributed by atoms with E-state index in [0.717, 1.165) is 48.8 Å². The third kappa shape index (κ3) is 3.81. The minimum Gasteiger partial charge on any atom is -0.353 e. The fourth-order valence-electron chi connectivity index (χ4n) is 3.49. The quantitative estimate of drug-likeness (QED) is 0.853. The van der Waals surface area contributed by atoms with Gasteiger partial charge in [0.2, 0.25) is 6.43 Å². The Labute approximate surface area is 160 Å². The maximum Gasteiger partial charge on any atom is 0.243 e. The molecule has 0 aliphatic carbocycles. The first-order valence-corrected chi connectivity index (χ1v) is 10.5. The van der Waals surface area contributed by atoms with Crippen molar-refractivity contribution < 1.29 is 8.78 Å². The van der Waals surface area contributed by atoms with Crippen LogP contribution in [0.15, 0.2) is 12.4 Å². The van der Waals surface area contributed by atoms with Crippen molar-refractivity contribution in [3.63, 3.8) is 0 Å². The van der Waals surface area contributed by atoms with Crippen molar-refractivity contribution in [2.75, 3.05) is 37.6 Å². The molecule has 4 rings (SSSR count). The summed E-state index contributed by atoms with van der Waals surface area (Å²) < 4.78 is 25.7. The normalized spacial score (nSPS) is 24.0. The number of hydrogen-bond donors (Lipinski definition) is 1. The molecule has 1 atom stereocenters. The summed E-state index contributed by atoms with van der Waals surface area (Å²) in [7, 11) is 0. The molecule has 2 fully saturated rings. The Balaban J connectivity index is 1.46. The lowest BCUT2D eigenvalue weighted by molar-refractivity contribution is 0.150. The van der Waals surface area contributed by atoms with Gasteiger partial charge in [0, 0.05) is 48.8 Å². The van der Waals surface area contributed by atoms with Gasteiger partial charge in [-0.2, -0.15) is 0 Å². The first-order valence-electron chi connectivity index (χ1n) is 8.83. The third-order valence-corrected chi connectivity index (χ3v) is 7.33. The molecule has 1 unspecified atom stereocenters. The number of halogens is 2. The van der Waals surface area contributed by atoms with Crippen LogP contribution in [0.3, 0.4) is 0 Å². The van der Waals surface area contributed by atoms with Gasteiger partial charge in [0.15, 0.2) is 0 Å². The first kappa shape index (κ1) is 18.3. The van der Waals surface area contributed by atoms with Gasteiger partial charge in [-0.15, -0.1) is 23.1 Å². The molecule has 2 aliphatic heterocycles. The van der Waals surface area contributed by atoms with Crippen LogP contribution in [-0.4, -0.2) is 64.3 Å². The maximum atomic E-state index is 12.7. The van der Waals surface area contributed by atoms with E-state index in [1.54, 1.807) is 6.33 Å². The average molecular weight is 400 g/mol. The number of piperazine rings is 1. The van der Waals surface area contributed by atoms with Gasteiger partial charge >= 0.3 is 0 Å². The van der Waals surface area contributed by atoms with Crippen molar-refractivity contribution in [2.24, 2.45) is 0 Å². The van der Waals surface area contributed by atoms with Crippen molar-refractivity contribution >= 4 is 39.1 Å². The van der Waals surface area contributed by atoms with Crippen LogP contribution in [0, 0.1) is 0 Å². The highest BCUT2D eigenvalue weighted by Crippen LogP contribution is 2.36. The smallest absolute Gasteiger partial charge is 0.243 e. The second kappa shape index (κ2) is 7.18. The minimum absolute atomic E-state index is 0.214. The minimum atomic E-state index is -2.33. The molecule has 0 spiro atoms. The lowest BCUT2D eigenvalue weighted by Gasteiger charge is -2.38. The largest absolute Gasteiger partial charge is 0.353 e. The van der Waals surface area contributed by atoms with Crippen molar-refractivity contribution in [1.82, 2.24) is 20.2 Å². The Morgan fingerprint density at radius 3 is 2.69 bits per heavy atom. The van der Waals surface area contributed by atoms with Gasteiger partial charge in [-0.1, -0.05) is 0 Å². The van der Waals surface area contributed by atoms with Crippen molar-refractivity contribution in [3.8, 4) is 0 Å². The molecule has 5 nitrogen and oxygen atoms in total. The number of anilines is 1. The van der Waals surface area contributed by atoms with Crippen molar-refractivity contribution in [3.05, 3.63) is 17.3 Å². The van der Waals surface area contributed by atoms with Crippen LogP contribution in [0.5, 0.6) is 0 Å². The number of thiophene rings is 1. The van der Waals surface area contributed by atoms with Crippen molar-refractivity contribution in [2.45, 2.75) is 36.9 Å². The molecule has 4 heterocycles. The zero-order chi connectivity index (χ0) is 18.3. The second-order valence-corrected chi connectivity index (χ2v) is 10.3. The van der Waals surface area contributed by atoms with E-state index < -0.39 is 6.43 Å². The van der Waals surface area contributed by atoms with Crippen molar-refractivity contribution in [1.29, 1.82) is 0 Å². The van der Waals surface area contributed by atoms with E-state index in [0.29, 0.717) is 10.4 Å². The summed E-state index contributed by atoms with van der Waals surface area (Å²) in [5.74, 6) is 0.874. The van der Waals surface area contributed by atoms with E-state index >= 15 is 0 Å². The van der Waals surface area contributed by atoms with Gasteiger partial charge < -0.3 is 4.90 Å². The summed E-state index contributed by atoms with van der Waals surface area (Å²) in [6.45, 7) is 9.24. The molecule has 1 N–H and O–H groups in total. The molecule has 2 aliphatic rings. The molecular formula is C17H23F2N5S2. The van der Waals surface area contributed by atoms with Crippen LogP contribution < -0.4 is 10.2 Å². The predicted octanol–water partition coefficient (Wildman–Crippen LogP) is 3.02. The standard InChI is InChI=1S/C17H23F2N5S2/c1-17(2)9-20-16(26-17)24-5-3-23(4-6-24)14-12-7-11(8-13(18)19)25-15(12)22-10-21-14/h7,10,13,16,20H,3-6,8-9H2,1-2H3. The number of nitrogens with one attached hydrogen (secondary N) is 1. The molecule has 2 aromatic rings. The van der Waals surface area contributed by atoms with E-state index in [2.05, 4.69) is 38.9 Å². The summed E-state index contributed by atoms with van der Waals surface area (Å²) in [5, 5.41) is 4.50. The zero-order valence-electron chi connectivity index (χ0n) is 14.9. The Morgan fingerprint density at radius 2 is 2.04 bits per heavy atom. The SMILES string of the molecule is CC1(C)CNC(N2CCN(c3ncnc4sc(CC(F)F)cc34)CC2)S1. The number of fused-ring (bicyclic) bond motifs is 1. The Kier molecular flexibility index (Phi) is 5.06. The highest BCUT2D eigenvalue weighted by Gasteiger charge is 2.36. The summed E-state index contributed by atoms with van der Waals surface area (Å²) in [6.07, 6.45) is -0.998. The number of thioether (sulfide) groups is 1. The summed E-state index contributed by atoms with van der Waals surface area (Å²) in [6, 6.07) is 1.84. The topological polar surface area (TPSA) is 44.3 Å². The number of alkyl halides is 2. The van der Waals surface area contributed by atoms with Crippen LogP contribution in [0.4, 0.5) is 14.6 Å². The summed E-state index contributed by atoms with van der Waals surface area (Å²) in [4.78, 5) is 14.9. The van der Waals surface area contributed by atoms with Gasteiger partial charge in [-0.05, 0) is 19.9 Å². The second-order valence-electron chi connectivity index (χ2n) is 7.36. The number of hydrogen-bond acceptors (Lipinski definition) is 7. The molecule has 2 saturated heterocycles. The van der Waals surface area contributed by atoms with E-state index in [-0.39, 0.29) is 11.2 Å². The predicted molar refractivity (Wildman–Crippen MR) is 104 cm³/mol. The lowest BCUT2D eigenvalue weighted by atomic mass is 10.2.